The first-order valence-corrected chi connectivity index (χ1v) is 8.63. The number of hydrogen-bond acceptors (Lipinski definition) is 2. The Labute approximate surface area is 133 Å². The fourth-order valence-corrected chi connectivity index (χ4v) is 4.16. The van der Waals surface area contributed by atoms with Crippen molar-refractivity contribution in [3.8, 4) is 5.75 Å². The molecular weight excluding hydrogens is 274 g/mol. The Hall–Kier alpha value is -1.51. The number of ether oxygens (including phenoxy) is 1. The summed E-state index contributed by atoms with van der Waals surface area (Å²) in [5.74, 6) is 1.75. The van der Waals surface area contributed by atoms with Crippen LogP contribution in [0.15, 0.2) is 24.3 Å². The topological polar surface area (TPSA) is 38.3 Å². The summed E-state index contributed by atoms with van der Waals surface area (Å²) in [6.45, 7) is 5.12. The predicted molar refractivity (Wildman–Crippen MR) is 87.8 cm³/mol. The lowest BCUT2D eigenvalue weighted by Crippen LogP contribution is -2.43. The van der Waals surface area contributed by atoms with Gasteiger partial charge in [0, 0.05) is 17.4 Å². The minimum Gasteiger partial charge on any atom is -0.493 e. The lowest BCUT2D eigenvalue weighted by atomic mass is 9.77. The van der Waals surface area contributed by atoms with Crippen molar-refractivity contribution >= 4 is 5.91 Å². The maximum atomic E-state index is 13.0. The first-order chi connectivity index (χ1) is 10.6. The molecule has 1 aliphatic carbocycles. The fraction of sp³-hybridized carbons (Fsp3) is 0.632. The quantitative estimate of drug-likeness (QED) is 0.903. The Morgan fingerprint density at radius 3 is 2.77 bits per heavy atom. The number of rotatable bonds is 4. The molecule has 1 amide bonds. The number of carbonyl (C=O) groups is 1. The van der Waals surface area contributed by atoms with Crippen molar-refractivity contribution in [2.75, 3.05) is 6.61 Å². The van der Waals surface area contributed by atoms with Crippen molar-refractivity contribution in [2.45, 2.75) is 58.4 Å². The van der Waals surface area contributed by atoms with Gasteiger partial charge in [0.2, 0.25) is 5.91 Å². The molecule has 1 aromatic carbocycles. The highest BCUT2D eigenvalue weighted by molar-refractivity contribution is 5.83. The SMILES string of the molecule is CC(C)CC1(C(=O)N[C@@H]2CCOc3ccccc32)CCCC1. The van der Waals surface area contributed by atoms with Gasteiger partial charge in [0.15, 0.2) is 0 Å². The summed E-state index contributed by atoms with van der Waals surface area (Å²) in [6, 6.07) is 8.17. The lowest BCUT2D eigenvalue weighted by molar-refractivity contribution is -0.132. The van der Waals surface area contributed by atoms with Crippen molar-refractivity contribution in [3.05, 3.63) is 29.8 Å². The molecule has 3 nitrogen and oxygen atoms in total. The molecule has 0 spiro atoms. The minimum absolute atomic E-state index is 0.0992. The summed E-state index contributed by atoms with van der Waals surface area (Å²) in [4.78, 5) is 13.0. The maximum Gasteiger partial charge on any atom is 0.226 e. The van der Waals surface area contributed by atoms with Crippen LogP contribution < -0.4 is 10.1 Å². The van der Waals surface area contributed by atoms with Crippen LogP contribution in [0.1, 0.15) is 64.0 Å². The van der Waals surface area contributed by atoms with Crippen molar-refractivity contribution in [2.24, 2.45) is 11.3 Å². The van der Waals surface area contributed by atoms with Gasteiger partial charge >= 0.3 is 0 Å². The molecule has 0 unspecified atom stereocenters. The third-order valence-corrected chi connectivity index (χ3v) is 5.11. The van der Waals surface area contributed by atoms with E-state index in [2.05, 4.69) is 25.2 Å². The molecule has 1 saturated carbocycles. The molecule has 0 saturated heterocycles. The van der Waals surface area contributed by atoms with E-state index in [1.807, 2.05) is 18.2 Å². The second kappa shape index (κ2) is 6.31. The fourth-order valence-electron chi connectivity index (χ4n) is 4.16. The first kappa shape index (κ1) is 15.4. The normalized spacial score (nSPS) is 23.0. The Kier molecular flexibility index (Phi) is 4.42. The molecule has 22 heavy (non-hydrogen) atoms. The van der Waals surface area contributed by atoms with Gasteiger partial charge in [0.1, 0.15) is 5.75 Å². The molecule has 1 heterocycles. The summed E-state index contributed by atoms with van der Waals surface area (Å²) >= 11 is 0. The van der Waals surface area contributed by atoms with Crippen molar-refractivity contribution < 1.29 is 9.53 Å². The van der Waals surface area contributed by atoms with Crippen LogP contribution in [0.25, 0.3) is 0 Å². The Balaban J connectivity index is 1.76. The lowest BCUT2D eigenvalue weighted by Gasteiger charge is -2.33. The van der Waals surface area contributed by atoms with Crippen molar-refractivity contribution in [1.29, 1.82) is 0 Å². The zero-order valence-corrected chi connectivity index (χ0v) is 13.7. The van der Waals surface area contributed by atoms with Gasteiger partial charge in [0.05, 0.1) is 12.6 Å². The van der Waals surface area contributed by atoms with Gasteiger partial charge < -0.3 is 10.1 Å². The van der Waals surface area contributed by atoms with Crippen LogP contribution in [0.4, 0.5) is 0 Å². The summed E-state index contributed by atoms with van der Waals surface area (Å²) in [5.41, 5.74) is 0.987. The van der Waals surface area contributed by atoms with E-state index >= 15 is 0 Å². The Bertz CT molecular complexity index is 532. The van der Waals surface area contributed by atoms with Crippen LogP contribution in [-0.4, -0.2) is 12.5 Å². The van der Waals surface area contributed by atoms with Gasteiger partial charge in [0.25, 0.3) is 0 Å². The molecule has 2 aliphatic rings. The van der Waals surface area contributed by atoms with Crippen LogP contribution in [0.3, 0.4) is 0 Å². The van der Waals surface area contributed by atoms with Gasteiger partial charge in [-0.05, 0) is 31.2 Å². The number of carbonyl (C=O) groups excluding carboxylic acids is 1. The second-order valence-electron chi connectivity index (χ2n) is 7.29. The zero-order valence-electron chi connectivity index (χ0n) is 13.7. The summed E-state index contributed by atoms with van der Waals surface area (Å²) in [6.07, 6.45) is 6.32. The number of hydrogen-bond donors (Lipinski definition) is 1. The number of benzene rings is 1. The van der Waals surface area contributed by atoms with E-state index in [1.54, 1.807) is 0 Å². The predicted octanol–water partition coefficient (Wildman–Crippen LogP) is 4.23. The largest absolute Gasteiger partial charge is 0.493 e. The average molecular weight is 301 g/mol. The molecule has 3 rings (SSSR count). The van der Waals surface area contributed by atoms with E-state index in [1.165, 1.54) is 12.8 Å². The number of para-hydroxylation sites is 1. The standard InChI is InChI=1S/C19H27NO2/c1-14(2)13-19(10-5-6-11-19)18(21)20-16-9-12-22-17-8-4-3-7-15(16)17/h3-4,7-8,14,16H,5-6,9-13H2,1-2H3,(H,20,21)/t16-/m1/s1. The summed E-state index contributed by atoms with van der Waals surface area (Å²) in [7, 11) is 0. The van der Waals surface area contributed by atoms with Gasteiger partial charge in [-0.15, -0.1) is 0 Å². The Morgan fingerprint density at radius 2 is 2.05 bits per heavy atom. The molecule has 3 heteroatoms. The molecule has 1 N–H and O–H groups in total. The van der Waals surface area contributed by atoms with Crippen molar-refractivity contribution in [1.82, 2.24) is 5.32 Å². The highest BCUT2D eigenvalue weighted by atomic mass is 16.5. The molecule has 1 aromatic rings. The van der Waals surface area contributed by atoms with Crippen LogP contribution in [0, 0.1) is 11.3 Å². The third-order valence-electron chi connectivity index (χ3n) is 5.11. The third kappa shape index (κ3) is 2.99. The highest BCUT2D eigenvalue weighted by Crippen LogP contribution is 2.44. The molecule has 1 atom stereocenters. The molecule has 0 bridgehead atoms. The molecule has 1 fully saturated rings. The van der Waals surface area contributed by atoms with E-state index in [0.29, 0.717) is 12.5 Å². The van der Waals surface area contributed by atoms with Crippen LogP contribution in [0.2, 0.25) is 0 Å². The van der Waals surface area contributed by atoms with E-state index < -0.39 is 0 Å². The van der Waals surface area contributed by atoms with E-state index in [0.717, 1.165) is 37.0 Å². The van der Waals surface area contributed by atoms with Gasteiger partial charge in [-0.1, -0.05) is 44.9 Å². The molecular formula is C19H27NO2. The number of amides is 1. The number of nitrogens with one attached hydrogen (secondary N) is 1. The molecule has 120 valence electrons. The highest BCUT2D eigenvalue weighted by Gasteiger charge is 2.42. The van der Waals surface area contributed by atoms with Gasteiger partial charge in [-0.3, -0.25) is 4.79 Å². The molecule has 0 radical (unpaired) electrons. The van der Waals surface area contributed by atoms with Crippen LogP contribution >= 0.6 is 0 Å². The molecule has 1 aliphatic heterocycles. The van der Waals surface area contributed by atoms with Gasteiger partial charge in [-0.25, -0.2) is 0 Å². The van der Waals surface area contributed by atoms with Crippen molar-refractivity contribution in [3.63, 3.8) is 0 Å². The second-order valence-corrected chi connectivity index (χ2v) is 7.29. The number of fused-ring (bicyclic) bond motifs is 1. The van der Waals surface area contributed by atoms with Crippen LogP contribution in [0.5, 0.6) is 5.75 Å². The minimum atomic E-state index is -0.137. The van der Waals surface area contributed by atoms with Gasteiger partial charge in [-0.2, -0.15) is 0 Å². The summed E-state index contributed by atoms with van der Waals surface area (Å²) < 4.78 is 5.70. The van der Waals surface area contributed by atoms with Crippen LogP contribution in [-0.2, 0) is 4.79 Å². The first-order valence-electron chi connectivity index (χ1n) is 8.63. The maximum absolute atomic E-state index is 13.0. The average Bonchev–Trinajstić information content (AvgIpc) is 2.96. The van der Waals surface area contributed by atoms with E-state index in [4.69, 9.17) is 4.74 Å². The monoisotopic (exact) mass is 301 g/mol. The zero-order chi connectivity index (χ0) is 15.6. The van der Waals surface area contributed by atoms with E-state index in [-0.39, 0.29) is 17.4 Å². The summed E-state index contributed by atoms with van der Waals surface area (Å²) in [5, 5.41) is 3.34. The molecule has 0 aromatic heterocycles. The smallest absolute Gasteiger partial charge is 0.226 e. The Morgan fingerprint density at radius 1 is 1.32 bits per heavy atom. The van der Waals surface area contributed by atoms with E-state index in [9.17, 15) is 4.79 Å².